The number of aromatic nitrogens is 3. The van der Waals surface area contributed by atoms with Crippen LogP contribution in [0, 0.1) is 6.92 Å². The third-order valence-corrected chi connectivity index (χ3v) is 5.64. The highest BCUT2D eigenvalue weighted by Crippen LogP contribution is 2.41. The van der Waals surface area contributed by atoms with Gasteiger partial charge in [0.1, 0.15) is 5.82 Å². The molecule has 1 aliphatic carbocycles. The SMILES string of the molecule is Cc1cc(Nc2c3nccn3nc(N)c2[C@H]2CC[C@H](N)CC2)ccc1Cl. The molecule has 0 aliphatic heterocycles. The number of hydrogen-bond donors (Lipinski definition) is 3. The van der Waals surface area contributed by atoms with Crippen molar-refractivity contribution in [3.8, 4) is 0 Å². The number of aryl methyl sites for hydroxylation is 1. The minimum Gasteiger partial charge on any atom is -0.382 e. The minimum absolute atomic E-state index is 0.283. The number of halogens is 1. The molecule has 5 N–H and O–H groups in total. The second kappa shape index (κ2) is 6.78. The van der Waals surface area contributed by atoms with E-state index < -0.39 is 0 Å². The number of imidazole rings is 1. The third-order valence-electron chi connectivity index (χ3n) is 5.21. The predicted molar refractivity (Wildman–Crippen MR) is 106 cm³/mol. The van der Waals surface area contributed by atoms with Crippen molar-refractivity contribution in [3.63, 3.8) is 0 Å². The highest BCUT2D eigenvalue weighted by molar-refractivity contribution is 6.31. The maximum absolute atomic E-state index is 6.37. The largest absolute Gasteiger partial charge is 0.382 e. The van der Waals surface area contributed by atoms with Crippen molar-refractivity contribution in [1.82, 2.24) is 14.6 Å². The van der Waals surface area contributed by atoms with Gasteiger partial charge in [0, 0.05) is 34.7 Å². The molecule has 0 radical (unpaired) electrons. The predicted octanol–water partition coefficient (Wildman–Crippen LogP) is 4.00. The summed E-state index contributed by atoms with van der Waals surface area (Å²) in [6, 6.07) is 6.17. The molecule has 1 aromatic carbocycles. The molecule has 6 nitrogen and oxygen atoms in total. The summed E-state index contributed by atoms with van der Waals surface area (Å²) in [7, 11) is 0. The molecule has 0 amide bonds. The van der Waals surface area contributed by atoms with Gasteiger partial charge in [0.25, 0.3) is 0 Å². The zero-order valence-corrected chi connectivity index (χ0v) is 15.5. The Balaban J connectivity index is 1.81. The molecule has 0 atom stereocenters. The second-order valence-corrected chi connectivity index (χ2v) is 7.48. The molecule has 7 heteroatoms. The lowest BCUT2D eigenvalue weighted by Crippen LogP contribution is -2.26. The van der Waals surface area contributed by atoms with E-state index >= 15 is 0 Å². The van der Waals surface area contributed by atoms with Crippen LogP contribution in [0.5, 0.6) is 0 Å². The molecule has 2 heterocycles. The van der Waals surface area contributed by atoms with Crippen LogP contribution in [0.1, 0.15) is 42.7 Å². The number of nitrogen functional groups attached to an aromatic ring is 1. The van der Waals surface area contributed by atoms with Crippen molar-refractivity contribution in [2.24, 2.45) is 5.73 Å². The molecule has 0 saturated heterocycles. The molecular weight excluding hydrogens is 348 g/mol. The van der Waals surface area contributed by atoms with E-state index in [-0.39, 0.29) is 6.04 Å². The summed E-state index contributed by atoms with van der Waals surface area (Å²) in [5.41, 5.74) is 17.2. The van der Waals surface area contributed by atoms with Gasteiger partial charge in [0.15, 0.2) is 5.65 Å². The Kier molecular flexibility index (Phi) is 4.46. The molecule has 0 spiro atoms. The summed E-state index contributed by atoms with van der Waals surface area (Å²) in [5, 5.41) is 8.78. The van der Waals surface area contributed by atoms with Gasteiger partial charge in [-0.15, -0.1) is 5.10 Å². The average Bonchev–Trinajstić information content (AvgIpc) is 3.07. The smallest absolute Gasteiger partial charge is 0.177 e. The van der Waals surface area contributed by atoms with Gasteiger partial charge < -0.3 is 16.8 Å². The number of nitrogens with two attached hydrogens (primary N) is 2. The van der Waals surface area contributed by atoms with Crippen molar-refractivity contribution < 1.29 is 0 Å². The highest BCUT2D eigenvalue weighted by Gasteiger charge is 2.27. The normalized spacial score (nSPS) is 20.4. The lowest BCUT2D eigenvalue weighted by atomic mass is 9.81. The van der Waals surface area contributed by atoms with Crippen LogP contribution in [0.25, 0.3) is 5.65 Å². The molecule has 0 bridgehead atoms. The van der Waals surface area contributed by atoms with E-state index in [2.05, 4.69) is 15.4 Å². The topological polar surface area (TPSA) is 94.3 Å². The molecule has 0 unspecified atom stereocenters. The van der Waals surface area contributed by atoms with Crippen molar-refractivity contribution >= 4 is 34.4 Å². The van der Waals surface area contributed by atoms with Gasteiger partial charge in [-0.25, -0.2) is 9.50 Å². The second-order valence-electron chi connectivity index (χ2n) is 7.07. The Morgan fingerprint density at radius 3 is 2.73 bits per heavy atom. The number of fused-ring (bicyclic) bond motifs is 1. The fourth-order valence-corrected chi connectivity index (χ4v) is 3.90. The number of rotatable bonds is 3. The molecule has 4 rings (SSSR count). The maximum Gasteiger partial charge on any atom is 0.177 e. The summed E-state index contributed by atoms with van der Waals surface area (Å²) < 4.78 is 1.72. The quantitative estimate of drug-likeness (QED) is 0.647. The molecule has 136 valence electrons. The van der Waals surface area contributed by atoms with Gasteiger partial charge in [-0.1, -0.05) is 11.6 Å². The van der Waals surface area contributed by atoms with Gasteiger partial charge >= 0.3 is 0 Å². The van der Waals surface area contributed by atoms with Gasteiger partial charge in [-0.3, -0.25) is 0 Å². The summed E-state index contributed by atoms with van der Waals surface area (Å²) in [6.45, 7) is 1.99. The number of benzene rings is 1. The van der Waals surface area contributed by atoms with E-state index in [0.717, 1.165) is 58.9 Å². The first kappa shape index (κ1) is 17.1. The van der Waals surface area contributed by atoms with Gasteiger partial charge in [0.05, 0.1) is 5.69 Å². The Morgan fingerprint density at radius 1 is 1.23 bits per heavy atom. The monoisotopic (exact) mass is 370 g/mol. The van der Waals surface area contributed by atoms with Gasteiger partial charge in [-0.2, -0.15) is 0 Å². The van der Waals surface area contributed by atoms with Crippen molar-refractivity contribution in [2.45, 2.75) is 44.6 Å². The van der Waals surface area contributed by atoms with Crippen LogP contribution in [0.3, 0.4) is 0 Å². The van der Waals surface area contributed by atoms with Crippen molar-refractivity contribution in [2.75, 3.05) is 11.1 Å². The summed E-state index contributed by atoms with van der Waals surface area (Å²) >= 11 is 6.17. The zero-order valence-electron chi connectivity index (χ0n) is 14.7. The average molecular weight is 371 g/mol. The Bertz CT molecular complexity index is 943. The Labute approximate surface area is 157 Å². The standard InChI is InChI=1S/C19H23ClN6/c1-11-10-14(6-7-15(11)20)24-17-16(12-2-4-13(21)5-3-12)18(22)25-26-9-8-23-19(17)26/h6-10,12-13,24H,2-5,21H2,1H3,(H2,22,25)/t12-,13-. The lowest BCUT2D eigenvalue weighted by Gasteiger charge is -2.28. The van der Waals surface area contributed by atoms with E-state index in [9.17, 15) is 0 Å². The first-order valence-electron chi connectivity index (χ1n) is 8.94. The highest BCUT2D eigenvalue weighted by atomic mass is 35.5. The van der Waals surface area contributed by atoms with Crippen LogP contribution >= 0.6 is 11.6 Å². The van der Waals surface area contributed by atoms with Crippen LogP contribution in [-0.4, -0.2) is 20.6 Å². The van der Waals surface area contributed by atoms with Crippen LogP contribution in [-0.2, 0) is 0 Å². The van der Waals surface area contributed by atoms with Crippen molar-refractivity contribution in [3.05, 3.63) is 46.7 Å². The summed E-state index contributed by atoms with van der Waals surface area (Å²) in [6.07, 6.45) is 7.58. The fourth-order valence-electron chi connectivity index (χ4n) is 3.79. The van der Waals surface area contributed by atoms with Crippen LogP contribution < -0.4 is 16.8 Å². The van der Waals surface area contributed by atoms with E-state index in [1.54, 1.807) is 10.7 Å². The molecular formula is C19H23ClN6. The Morgan fingerprint density at radius 2 is 2.00 bits per heavy atom. The maximum atomic E-state index is 6.37. The zero-order chi connectivity index (χ0) is 18.3. The molecule has 1 aliphatic rings. The van der Waals surface area contributed by atoms with Gasteiger partial charge in [-0.05, 0) is 62.3 Å². The van der Waals surface area contributed by atoms with E-state index in [1.807, 2.05) is 31.3 Å². The number of hydrogen-bond acceptors (Lipinski definition) is 5. The van der Waals surface area contributed by atoms with E-state index in [0.29, 0.717) is 11.7 Å². The number of nitrogens with one attached hydrogen (secondary N) is 1. The molecule has 3 aromatic rings. The van der Waals surface area contributed by atoms with Crippen molar-refractivity contribution in [1.29, 1.82) is 0 Å². The van der Waals surface area contributed by atoms with E-state index in [4.69, 9.17) is 23.1 Å². The minimum atomic E-state index is 0.283. The molecule has 26 heavy (non-hydrogen) atoms. The first-order valence-corrected chi connectivity index (χ1v) is 9.32. The summed E-state index contributed by atoms with van der Waals surface area (Å²) in [5.74, 6) is 0.879. The third kappa shape index (κ3) is 3.10. The van der Waals surface area contributed by atoms with Crippen LogP contribution in [0.2, 0.25) is 5.02 Å². The molecule has 1 saturated carbocycles. The van der Waals surface area contributed by atoms with Crippen LogP contribution in [0.4, 0.5) is 17.2 Å². The molecule has 1 fully saturated rings. The Hall–Kier alpha value is -2.31. The van der Waals surface area contributed by atoms with Crippen LogP contribution in [0.15, 0.2) is 30.6 Å². The van der Waals surface area contributed by atoms with Gasteiger partial charge in [0.2, 0.25) is 0 Å². The summed E-state index contributed by atoms with van der Waals surface area (Å²) in [4.78, 5) is 4.50. The number of anilines is 3. The lowest BCUT2D eigenvalue weighted by molar-refractivity contribution is 0.396. The molecule has 2 aromatic heterocycles. The van der Waals surface area contributed by atoms with E-state index in [1.165, 1.54) is 0 Å². The first-order chi connectivity index (χ1) is 12.5. The number of nitrogens with zero attached hydrogens (tertiary/aromatic N) is 3. The fraction of sp³-hybridized carbons (Fsp3) is 0.368.